The van der Waals surface area contributed by atoms with Crippen LogP contribution in [-0.4, -0.2) is 33.1 Å². The number of hydrogen-bond acceptors (Lipinski definition) is 5. The Kier molecular flexibility index (Phi) is 3.93. The second-order valence-corrected chi connectivity index (χ2v) is 6.24. The highest BCUT2D eigenvalue weighted by molar-refractivity contribution is 6.30. The molecule has 130 valence electrons. The maximum atomic E-state index is 12.7. The largest absolute Gasteiger partial charge is 0.412 e. The molecule has 0 spiro atoms. The van der Waals surface area contributed by atoms with Crippen molar-refractivity contribution >= 4 is 34.2 Å². The Morgan fingerprint density at radius 3 is 2.69 bits per heavy atom. The zero-order valence-electron chi connectivity index (χ0n) is 14.0. The van der Waals surface area contributed by atoms with Gasteiger partial charge in [-0.3, -0.25) is 4.79 Å². The maximum absolute atomic E-state index is 12.7. The first-order valence-corrected chi connectivity index (χ1v) is 8.23. The summed E-state index contributed by atoms with van der Waals surface area (Å²) in [5, 5.41) is 8.42. The van der Waals surface area contributed by atoms with E-state index in [1.807, 2.05) is 25.1 Å². The summed E-state index contributed by atoms with van der Waals surface area (Å²) in [5.74, 6) is 0.598. The van der Waals surface area contributed by atoms with Crippen molar-refractivity contribution in [2.75, 3.05) is 11.9 Å². The van der Waals surface area contributed by atoms with Gasteiger partial charge in [0.05, 0.1) is 11.0 Å². The van der Waals surface area contributed by atoms with Crippen molar-refractivity contribution in [3.63, 3.8) is 0 Å². The van der Waals surface area contributed by atoms with Crippen LogP contribution in [0, 0.1) is 6.92 Å². The van der Waals surface area contributed by atoms with Crippen LogP contribution < -0.4 is 4.90 Å². The molecule has 0 saturated heterocycles. The second kappa shape index (κ2) is 6.27. The highest BCUT2D eigenvalue weighted by Crippen LogP contribution is 2.23. The number of fused-ring (bicyclic) bond motifs is 1. The fourth-order valence-electron chi connectivity index (χ4n) is 2.61. The Hall–Kier alpha value is -3.19. The van der Waals surface area contributed by atoms with Gasteiger partial charge in [-0.05, 0) is 49.4 Å². The van der Waals surface area contributed by atoms with Crippen LogP contribution in [0.3, 0.4) is 0 Å². The maximum Gasteiger partial charge on any atom is 0.315 e. The summed E-state index contributed by atoms with van der Waals surface area (Å²) in [6, 6.07) is 12.5. The number of aromatic amines is 1. The van der Waals surface area contributed by atoms with Crippen LogP contribution >= 0.6 is 11.6 Å². The predicted octanol–water partition coefficient (Wildman–Crippen LogP) is 3.85. The Labute approximate surface area is 153 Å². The lowest BCUT2D eigenvalue weighted by Crippen LogP contribution is -2.26. The zero-order chi connectivity index (χ0) is 18.3. The van der Waals surface area contributed by atoms with E-state index in [9.17, 15) is 4.79 Å². The van der Waals surface area contributed by atoms with Crippen molar-refractivity contribution in [1.82, 2.24) is 20.2 Å². The van der Waals surface area contributed by atoms with Crippen molar-refractivity contribution in [2.24, 2.45) is 0 Å². The normalized spacial score (nSPS) is 11.0. The lowest BCUT2D eigenvalue weighted by atomic mass is 10.2. The van der Waals surface area contributed by atoms with Gasteiger partial charge in [-0.15, -0.1) is 10.2 Å². The number of nitrogens with one attached hydrogen (secondary N) is 1. The van der Waals surface area contributed by atoms with Crippen LogP contribution in [0.25, 0.3) is 22.5 Å². The molecule has 0 saturated carbocycles. The smallest absolute Gasteiger partial charge is 0.315 e. The number of aryl methyl sites for hydroxylation is 1. The lowest BCUT2D eigenvalue weighted by Gasteiger charge is -2.14. The minimum Gasteiger partial charge on any atom is -0.412 e. The topological polar surface area (TPSA) is 87.9 Å². The number of halogens is 1. The van der Waals surface area contributed by atoms with Gasteiger partial charge in [0.15, 0.2) is 0 Å². The number of amides is 1. The first-order valence-electron chi connectivity index (χ1n) is 7.85. The molecule has 8 heteroatoms. The molecule has 0 bridgehead atoms. The molecule has 26 heavy (non-hydrogen) atoms. The molecule has 0 unspecified atom stereocenters. The molecule has 0 atom stereocenters. The Bertz CT molecular complexity index is 1100. The number of imidazole rings is 1. The van der Waals surface area contributed by atoms with Crippen LogP contribution in [0.5, 0.6) is 0 Å². The predicted molar refractivity (Wildman–Crippen MR) is 98.3 cm³/mol. The van der Waals surface area contributed by atoms with Crippen molar-refractivity contribution in [1.29, 1.82) is 0 Å². The molecule has 2 heterocycles. The Morgan fingerprint density at radius 1 is 1.15 bits per heavy atom. The highest BCUT2D eigenvalue weighted by Gasteiger charge is 2.21. The number of benzene rings is 2. The molecule has 7 nitrogen and oxygen atoms in total. The van der Waals surface area contributed by atoms with E-state index in [1.165, 1.54) is 4.90 Å². The first-order chi connectivity index (χ1) is 12.5. The molecule has 0 aliphatic heterocycles. The van der Waals surface area contributed by atoms with E-state index in [0.717, 1.165) is 16.9 Å². The number of H-pyrrole nitrogens is 1. The fraction of sp³-hybridized carbons (Fsp3) is 0.111. The number of aromatic nitrogens is 4. The monoisotopic (exact) mass is 367 g/mol. The summed E-state index contributed by atoms with van der Waals surface area (Å²) in [6.07, 6.45) is 0. The van der Waals surface area contributed by atoms with E-state index in [-0.39, 0.29) is 11.8 Å². The van der Waals surface area contributed by atoms with Crippen LogP contribution in [0.1, 0.15) is 16.5 Å². The molecule has 2 aromatic carbocycles. The molecule has 4 aromatic rings. The van der Waals surface area contributed by atoms with Crippen molar-refractivity contribution in [3.8, 4) is 11.5 Å². The minimum absolute atomic E-state index is 0.0849. The van der Waals surface area contributed by atoms with Crippen LogP contribution in [-0.2, 0) is 0 Å². The van der Waals surface area contributed by atoms with E-state index < -0.39 is 5.91 Å². The molecule has 1 N–H and O–H groups in total. The second-order valence-electron chi connectivity index (χ2n) is 5.81. The third-order valence-corrected chi connectivity index (χ3v) is 4.23. The number of nitrogens with zero attached hydrogens (tertiary/aromatic N) is 4. The zero-order valence-corrected chi connectivity index (χ0v) is 14.8. The van der Waals surface area contributed by atoms with Gasteiger partial charge in [-0.25, -0.2) is 4.98 Å². The van der Waals surface area contributed by atoms with Gasteiger partial charge in [-0.1, -0.05) is 11.6 Å². The third kappa shape index (κ3) is 2.93. The van der Waals surface area contributed by atoms with Gasteiger partial charge in [-0.2, -0.15) is 0 Å². The fourth-order valence-corrected chi connectivity index (χ4v) is 2.74. The van der Waals surface area contributed by atoms with Gasteiger partial charge in [0.1, 0.15) is 5.82 Å². The van der Waals surface area contributed by atoms with Crippen molar-refractivity contribution < 1.29 is 9.21 Å². The lowest BCUT2D eigenvalue weighted by molar-refractivity contribution is 0.0960. The average molecular weight is 368 g/mol. The van der Waals surface area contributed by atoms with E-state index in [0.29, 0.717) is 16.3 Å². The van der Waals surface area contributed by atoms with Gasteiger partial charge in [0, 0.05) is 23.3 Å². The molecular weight excluding hydrogens is 354 g/mol. The molecule has 0 aliphatic carbocycles. The van der Waals surface area contributed by atoms with E-state index in [4.69, 9.17) is 16.0 Å². The minimum atomic E-state index is -0.395. The van der Waals surface area contributed by atoms with Crippen LogP contribution in [0.15, 0.2) is 46.9 Å². The molecule has 0 fully saturated rings. The summed E-state index contributed by atoms with van der Waals surface area (Å²) >= 11 is 5.87. The molecular formula is C18H14ClN5O2. The molecule has 1 amide bonds. The first kappa shape index (κ1) is 16.3. The Morgan fingerprint density at radius 2 is 1.92 bits per heavy atom. The Balaban J connectivity index is 1.60. The van der Waals surface area contributed by atoms with E-state index in [1.54, 1.807) is 31.3 Å². The number of rotatable bonds is 3. The summed E-state index contributed by atoms with van der Waals surface area (Å²) in [6.45, 7) is 1.88. The van der Waals surface area contributed by atoms with Crippen molar-refractivity contribution in [3.05, 3.63) is 59.2 Å². The van der Waals surface area contributed by atoms with Crippen LogP contribution in [0.4, 0.5) is 5.69 Å². The quantitative estimate of drug-likeness (QED) is 0.594. The molecule has 4 rings (SSSR count). The third-order valence-electron chi connectivity index (χ3n) is 3.97. The highest BCUT2D eigenvalue weighted by atomic mass is 35.5. The van der Waals surface area contributed by atoms with Gasteiger partial charge in [0.25, 0.3) is 0 Å². The SMILES string of the molecule is Cc1nc2ccc(N(C)C(=O)c3nnc(-c4ccc(Cl)cc4)o3)cc2[nH]1. The number of anilines is 1. The van der Waals surface area contributed by atoms with Crippen molar-refractivity contribution in [2.45, 2.75) is 6.92 Å². The van der Waals surface area contributed by atoms with Gasteiger partial charge in [0.2, 0.25) is 5.89 Å². The molecule has 0 aliphatic rings. The average Bonchev–Trinajstić information content (AvgIpc) is 3.26. The number of hydrogen-bond donors (Lipinski definition) is 1. The summed E-state index contributed by atoms with van der Waals surface area (Å²) in [5.41, 5.74) is 3.08. The van der Waals surface area contributed by atoms with Gasteiger partial charge < -0.3 is 14.3 Å². The van der Waals surface area contributed by atoms with Crippen LogP contribution in [0.2, 0.25) is 5.02 Å². The standard InChI is InChI=1S/C18H14ClN5O2/c1-10-20-14-8-7-13(9-15(14)21-10)24(2)18(25)17-23-22-16(26-17)11-3-5-12(19)6-4-11/h3-9H,1-2H3,(H,20,21). The summed E-state index contributed by atoms with van der Waals surface area (Å²) in [4.78, 5) is 21.6. The molecule has 2 aromatic heterocycles. The van der Waals surface area contributed by atoms with E-state index in [2.05, 4.69) is 20.2 Å². The number of carbonyl (C=O) groups is 1. The van der Waals surface area contributed by atoms with E-state index >= 15 is 0 Å². The number of carbonyl (C=O) groups excluding carboxylic acids is 1. The summed E-state index contributed by atoms with van der Waals surface area (Å²) < 4.78 is 5.53. The molecule has 0 radical (unpaired) electrons. The van der Waals surface area contributed by atoms with Gasteiger partial charge >= 0.3 is 11.8 Å². The summed E-state index contributed by atoms with van der Waals surface area (Å²) in [7, 11) is 1.65.